The van der Waals surface area contributed by atoms with Crippen LogP contribution in [0.15, 0.2) is 0 Å². The van der Waals surface area contributed by atoms with Crippen LogP contribution < -0.4 is 54.6 Å². The number of nitrogens with two attached hydrogens (primary N) is 3. The zero-order chi connectivity index (χ0) is 35.4. The van der Waals surface area contributed by atoms with Crippen LogP contribution in [0.5, 0.6) is 0 Å². The fraction of sp³-hybridized carbons (Fsp3) is 0.704. The number of carbonyl (C=O) groups is 8. The van der Waals surface area contributed by atoms with Crippen LogP contribution in [0.25, 0.3) is 0 Å². The quantitative estimate of drug-likeness (QED) is 0.0214. The van der Waals surface area contributed by atoms with Crippen LogP contribution in [-0.2, 0) is 38.3 Å². The van der Waals surface area contributed by atoms with Gasteiger partial charge in [-0.05, 0) is 52.5 Å². The molecule has 0 saturated heterocycles. The third-order valence-corrected chi connectivity index (χ3v) is 5.66. The summed E-state index contributed by atoms with van der Waals surface area (Å²) in [7, 11) is 0. The van der Waals surface area contributed by atoms with Gasteiger partial charge in [-0.1, -0.05) is 13.8 Å². The monoisotopic (exact) mass is 658 g/mol. The second-order valence-corrected chi connectivity index (χ2v) is 11.7. The molecular formula is C27H50N10O9. The van der Waals surface area contributed by atoms with Gasteiger partial charge in [0.25, 0.3) is 0 Å². The Morgan fingerprint density at radius 1 is 0.696 bits per heavy atom. The highest BCUT2D eigenvalue weighted by Gasteiger charge is 2.26. The number of amides is 4. The number of carbonyl (C=O) groups excluding carboxylic acids is 8. The Morgan fingerprint density at radius 3 is 1.76 bits per heavy atom. The van der Waals surface area contributed by atoms with Crippen LogP contribution >= 0.6 is 0 Å². The molecule has 0 unspecified atom stereocenters. The number of alkyl carbamates (subject to hydrolysis) is 1. The van der Waals surface area contributed by atoms with E-state index >= 15 is 0 Å². The average molecular weight is 659 g/mol. The molecule has 0 aliphatic carbocycles. The van der Waals surface area contributed by atoms with E-state index < -0.39 is 104 Å². The van der Waals surface area contributed by atoms with Crippen molar-refractivity contribution >= 4 is 46.9 Å². The van der Waals surface area contributed by atoms with Gasteiger partial charge in [0.1, 0.15) is 17.9 Å². The minimum absolute atomic E-state index is 0.00191. The Balaban J connectivity index is 4.47. The first-order chi connectivity index (χ1) is 21.3. The molecule has 0 fully saturated rings. The summed E-state index contributed by atoms with van der Waals surface area (Å²) in [5.74, 6) is -5.72. The predicted octanol–water partition coefficient (Wildman–Crippen LogP) is -4.46. The third kappa shape index (κ3) is 21.0. The van der Waals surface area contributed by atoms with Gasteiger partial charge in [-0.2, -0.15) is 0 Å². The average Bonchev–Trinajstić information content (AvgIpc) is 2.95. The van der Waals surface area contributed by atoms with E-state index in [1.807, 2.05) is 13.8 Å². The molecule has 2 atom stereocenters. The van der Waals surface area contributed by atoms with Crippen LogP contribution in [-0.4, -0.2) is 110 Å². The summed E-state index contributed by atoms with van der Waals surface area (Å²) in [6.07, 6.45) is -0.491. The molecule has 0 saturated carbocycles. The molecule has 13 N–H and O–H groups in total. The summed E-state index contributed by atoms with van der Waals surface area (Å²) >= 11 is 0. The molecule has 0 radical (unpaired) electrons. The number of Topliss-reactive ketones (excluding diaryl/α,β-unsaturated/α-hetero) is 4. The highest BCUT2D eigenvalue weighted by Crippen LogP contribution is 2.07. The number of hydrogen-bond acceptors (Lipinski definition) is 15. The van der Waals surface area contributed by atoms with Gasteiger partial charge in [0.2, 0.25) is 40.9 Å². The second kappa shape index (κ2) is 21.8. The Hall–Kier alpha value is -3.88. The molecule has 0 bridgehead atoms. The fourth-order valence-electron chi connectivity index (χ4n) is 3.38. The highest BCUT2D eigenvalue weighted by molar-refractivity contribution is 6.39. The zero-order valence-electron chi connectivity index (χ0n) is 27.1. The van der Waals surface area contributed by atoms with Crippen molar-refractivity contribution in [3.05, 3.63) is 0 Å². The first-order valence-corrected chi connectivity index (χ1v) is 14.7. The van der Waals surface area contributed by atoms with E-state index in [4.69, 9.17) is 21.9 Å². The summed E-state index contributed by atoms with van der Waals surface area (Å²) in [6.45, 7) is 6.20. The summed E-state index contributed by atoms with van der Waals surface area (Å²) in [4.78, 5) is 96.7. The Labute approximate surface area is 267 Å². The first kappa shape index (κ1) is 42.1. The largest absolute Gasteiger partial charge is 0.444 e. The standard InChI is InChI=1S/C27H50N10O9/c1-15(2)9-17(37-23(43)16(28)7-6-8-31-25(29)30)24(44)33-11-19(39)18(38)10-32-22(42)14-36-35-13-21(41)20(40)12-34-26(45)46-27(3,4)5/h15-17,25,31,35-36H,6-14,28-30H2,1-5H3,(H,32,42)(H,33,44)(H,34,45)(H,37,43)/t16-,17-/m0/s1. The first-order valence-electron chi connectivity index (χ1n) is 14.7. The van der Waals surface area contributed by atoms with E-state index in [9.17, 15) is 38.4 Å². The van der Waals surface area contributed by atoms with Gasteiger partial charge in [-0.3, -0.25) is 38.9 Å². The van der Waals surface area contributed by atoms with E-state index in [0.717, 1.165) is 0 Å². The lowest BCUT2D eigenvalue weighted by Crippen LogP contribution is -2.53. The van der Waals surface area contributed by atoms with Gasteiger partial charge in [0.15, 0.2) is 0 Å². The van der Waals surface area contributed by atoms with Crippen molar-refractivity contribution in [3.63, 3.8) is 0 Å². The van der Waals surface area contributed by atoms with E-state index in [0.29, 0.717) is 19.4 Å². The molecule has 4 amide bonds. The smallest absolute Gasteiger partial charge is 0.408 e. The van der Waals surface area contributed by atoms with Crippen molar-refractivity contribution in [1.29, 1.82) is 0 Å². The molecule has 0 aliphatic heterocycles. The van der Waals surface area contributed by atoms with Crippen molar-refractivity contribution in [2.24, 2.45) is 23.1 Å². The fourth-order valence-corrected chi connectivity index (χ4v) is 3.38. The van der Waals surface area contributed by atoms with E-state index in [1.54, 1.807) is 20.8 Å². The summed E-state index contributed by atoms with van der Waals surface area (Å²) in [6, 6.07) is -1.90. The molecule has 0 spiro atoms. The van der Waals surface area contributed by atoms with Crippen molar-refractivity contribution in [3.8, 4) is 0 Å². The molecule has 262 valence electrons. The lowest BCUT2D eigenvalue weighted by atomic mass is 10.0. The molecule has 0 rings (SSSR count). The number of ketones is 4. The van der Waals surface area contributed by atoms with Crippen LogP contribution in [0.3, 0.4) is 0 Å². The number of hydrazine groups is 1. The van der Waals surface area contributed by atoms with Crippen molar-refractivity contribution in [2.45, 2.75) is 77.9 Å². The molecule has 0 aromatic heterocycles. The Kier molecular flexibility index (Phi) is 19.9. The van der Waals surface area contributed by atoms with Gasteiger partial charge in [0, 0.05) is 0 Å². The van der Waals surface area contributed by atoms with Crippen LogP contribution in [0.2, 0.25) is 0 Å². The molecule has 0 aromatic rings. The molecule has 0 aliphatic rings. The van der Waals surface area contributed by atoms with E-state index in [2.05, 4.69) is 37.4 Å². The number of ether oxygens (including phenoxy) is 1. The molecule has 0 heterocycles. The van der Waals surface area contributed by atoms with Crippen LogP contribution in [0.4, 0.5) is 4.79 Å². The van der Waals surface area contributed by atoms with Crippen molar-refractivity contribution < 1.29 is 43.1 Å². The van der Waals surface area contributed by atoms with Gasteiger partial charge >= 0.3 is 6.09 Å². The van der Waals surface area contributed by atoms with Gasteiger partial charge in [0.05, 0.1) is 38.8 Å². The Morgan fingerprint density at radius 2 is 1.22 bits per heavy atom. The number of rotatable bonds is 23. The topological polar surface area (TPSA) is 308 Å². The summed E-state index contributed by atoms with van der Waals surface area (Å²) in [5, 5.41) is 12.0. The number of hydrogen-bond donors (Lipinski definition) is 10. The predicted molar refractivity (Wildman–Crippen MR) is 165 cm³/mol. The maximum Gasteiger partial charge on any atom is 0.408 e. The van der Waals surface area contributed by atoms with Crippen LogP contribution in [0.1, 0.15) is 53.9 Å². The Bertz CT molecular complexity index is 1080. The van der Waals surface area contributed by atoms with Gasteiger partial charge in [-0.15, -0.1) is 0 Å². The minimum Gasteiger partial charge on any atom is -0.444 e. The molecule has 0 aromatic carbocycles. The number of nitrogens with one attached hydrogen (secondary N) is 7. The van der Waals surface area contributed by atoms with E-state index in [-0.39, 0.29) is 12.3 Å². The van der Waals surface area contributed by atoms with Crippen molar-refractivity contribution in [1.82, 2.24) is 37.4 Å². The van der Waals surface area contributed by atoms with Gasteiger partial charge in [-0.25, -0.2) is 15.6 Å². The molecular weight excluding hydrogens is 608 g/mol. The van der Waals surface area contributed by atoms with Crippen LogP contribution in [0, 0.1) is 5.92 Å². The molecule has 19 nitrogen and oxygen atoms in total. The lowest BCUT2D eigenvalue weighted by molar-refractivity contribution is -0.137. The molecule has 19 heteroatoms. The molecule has 46 heavy (non-hydrogen) atoms. The highest BCUT2D eigenvalue weighted by atomic mass is 16.6. The van der Waals surface area contributed by atoms with Crippen molar-refractivity contribution in [2.75, 3.05) is 39.3 Å². The van der Waals surface area contributed by atoms with E-state index in [1.165, 1.54) is 0 Å². The second-order valence-electron chi connectivity index (χ2n) is 11.7. The maximum atomic E-state index is 12.7. The minimum atomic E-state index is -1.00. The summed E-state index contributed by atoms with van der Waals surface area (Å²) < 4.78 is 4.96. The zero-order valence-corrected chi connectivity index (χ0v) is 27.1. The lowest BCUT2D eigenvalue weighted by Gasteiger charge is -2.22. The third-order valence-electron chi connectivity index (χ3n) is 5.66. The normalized spacial score (nSPS) is 12.6. The van der Waals surface area contributed by atoms with Gasteiger partial charge < -0.3 is 43.2 Å². The maximum absolute atomic E-state index is 12.7. The summed E-state index contributed by atoms with van der Waals surface area (Å²) in [5.41, 5.74) is 20.6. The SMILES string of the molecule is CC(C)C[C@H](NC(=O)[C@@H](N)CCCNC(N)N)C(=O)NCC(=O)C(=O)CNC(=O)CNNCC(=O)C(=O)CNC(=O)OC(C)(C)C.